The van der Waals surface area contributed by atoms with E-state index in [-0.39, 0.29) is 11.9 Å². The van der Waals surface area contributed by atoms with Gasteiger partial charge in [0, 0.05) is 5.69 Å². The zero-order chi connectivity index (χ0) is 15.9. The Bertz CT molecular complexity index is 606. The summed E-state index contributed by atoms with van der Waals surface area (Å²) in [5, 5.41) is 3.07. The van der Waals surface area contributed by atoms with Crippen molar-refractivity contribution in [3.8, 4) is 5.75 Å². The van der Waals surface area contributed by atoms with Gasteiger partial charge in [-0.3, -0.25) is 4.79 Å². The third-order valence-corrected chi connectivity index (χ3v) is 3.61. The second-order valence-electron chi connectivity index (χ2n) is 5.22. The summed E-state index contributed by atoms with van der Waals surface area (Å²) in [5.41, 5.74) is 8.38. The average molecular weight is 298 g/mol. The van der Waals surface area contributed by atoms with E-state index < -0.39 is 0 Å². The van der Waals surface area contributed by atoms with Gasteiger partial charge in [0.05, 0.1) is 19.6 Å². The number of amides is 1. The number of ether oxygens (including phenoxy) is 1. The summed E-state index contributed by atoms with van der Waals surface area (Å²) in [4.78, 5) is 12.2. The van der Waals surface area contributed by atoms with Crippen LogP contribution >= 0.6 is 0 Å². The minimum Gasteiger partial charge on any atom is -0.497 e. The van der Waals surface area contributed by atoms with Crippen molar-refractivity contribution in [2.24, 2.45) is 0 Å². The van der Waals surface area contributed by atoms with Gasteiger partial charge in [-0.2, -0.15) is 0 Å². The fourth-order valence-corrected chi connectivity index (χ4v) is 2.32. The standard InChI is InChI=1S/C18H22N2O2/c1-3-17(14-6-10-16(22-2)11-7-14)20-18(21)12-13-4-8-15(19)9-5-13/h4-11,17H,3,12,19H2,1-2H3,(H,20,21). The first-order chi connectivity index (χ1) is 10.6. The van der Waals surface area contributed by atoms with Crippen molar-refractivity contribution in [1.82, 2.24) is 5.32 Å². The first-order valence-electron chi connectivity index (χ1n) is 7.40. The van der Waals surface area contributed by atoms with E-state index in [1.807, 2.05) is 48.5 Å². The molecule has 0 aromatic heterocycles. The van der Waals surface area contributed by atoms with Crippen LogP contribution in [0, 0.1) is 0 Å². The Hall–Kier alpha value is -2.49. The highest BCUT2D eigenvalue weighted by atomic mass is 16.5. The summed E-state index contributed by atoms with van der Waals surface area (Å²) in [6, 6.07) is 15.2. The highest BCUT2D eigenvalue weighted by Gasteiger charge is 2.13. The Balaban J connectivity index is 1.99. The Morgan fingerprint density at radius 3 is 2.32 bits per heavy atom. The maximum atomic E-state index is 12.2. The van der Waals surface area contributed by atoms with E-state index in [1.54, 1.807) is 7.11 Å². The van der Waals surface area contributed by atoms with Gasteiger partial charge >= 0.3 is 0 Å². The zero-order valence-corrected chi connectivity index (χ0v) is 13.0. The predicted octanol–water partition coefficient (Wildman–Crippen LogP) is 3.09. The van der Waals surface area contributed by atoms with Crippen molar-refractivity contribution in [3.63, 3.8) is 0 Å². The molecule has 0 aliphatic carbocycles. The maximum absolute atomic E-state index is 12.2. The number of hydrogen-bond donors (Lipinski definition) is 2. The minimum absolute atomic E-state index is 0.00666. The first-order valence-corrected chi connectivity index (χ1v) is 7.40. The van der Waals surface area contributed by atoms with Gasteiger partial charge in [-0.15, -0.1) is 0 Å². The van der Waals surface area contributed by atoms with Crippen molar-refractivity contribution in [3.05, 3.63) is 59.7 Å². The fourth-order valence-electron chi connectivity index (χ4n) is 2.32. The van der Waals surface area contributed by atoms with Gasteiger partial charge in [0.15, 0.2) is 0 Å². The van der Waals surface area contributed by atoms with Crippen LogP contribution in [-0.2, 0) is 11.2 Å². The molecule has 2 aromatic carbocycles. The number of carbonyl (C=O) groups is 1. The number of rotatable bonds is 6. The highest BCUT2D eigenvalue weighted by molar-refractivity contribution is 5.79. The molecular formula is C18H22N2O2. The lowest BCUT2D eigenvalue weighted by molar-refractivity contribution is -0.121. The van der Waals surface area contributed by atoms with Crippen molar-refractivity contribution in [1.29, 1.82) is 0 Å². The monoisotopic (exact) mass is 298 g/mol. The Morgan fingerprint density at radius 1 is 1.14 bits per heavy atom. The van der Waals surface area contributed by atoms with E-state index >= 15 is 0 Å². The van der Waals surface area contributed by atoms with Crippen LogP contribution in [0.25, 0.3) is 0 Å². The summed E-state index contributed by atoms with van der Waals surface area (Å²) in [7, 11) is 1.64. The normalized spacial score (nSPS) is 11.7. The lowest BCUT2D eigenvalue weighted by Gasteiger charge is -2.18. The second-order valence-corrected chi connectivity index (χ2v) is 5.22. The molecule has 0 fully saturated rings. The van der Waals surface area contributed by atoms with E-state index in [1.165, 1.54) is 0 Å². The van der Waals surface area contributed by atoms with Crippen LogP contribution in [0.15, 0.2) is 48.5 Å². The van der Waals surface area contributed by atoms with Crippen molar-refractivity contribution in [2.75, 3.05) is 12.8 Å². The molecule has 2 rings (SSSR count). The molecule has 0 spiro atoms. The SMILES string of the molecule is CCC(NC(=O)Cc1ccc(N)cc1)c1ccc(OC)cc1. The van der Waals surface area contributed by atoms with E-state index in [0.717, 1.165) is 23.3 Å². The Morgan fingerprint density at radius 2 is 1.77 bits per heavy atom. The third kappa shape index (κ3) is 4.25. The maximum Gasteiger partial charge on any atom is 0.224 e. The predicted molar refractivity (Wildman–Crippen MR) is 88.7 cm³/mol. The highest BCUT2D eigenvalue weighted by Crippen LogP contribution is 2.20. The summed E-state index contributed by atoms with van der Waals surface area (Å²) in [5.74, 6) is 0.819. The van der Waals surface area contributed by atoms with Crippen molar-refractivity contribution >= 4 is 11.6 Å². The largest absolute Gasteiger partial charge is 0.497 e. The molecule has 0 saturated heterocycles. The van der Waals surface area contributed by atoms with E-state index in [2.05, 4.69) is 12.2 Å². The van der Waals surface area contributed by atoms with Gasteiger partial charge in [-0.05, 0) is 41.8 Å². The lowest BCUT2D eigenvalue weighted by Crippen LogP contribution is -2.29. The van der Waals surface area contributed by atoms with Crippen LogP contribution in [0.1, 0.15) is 30.5 Å². The van der Waals surface area contributed by atoms with E-state index in [0.29, 0.717) is 12.1 Å². The topological polar surface area (TPSA) is 64.4 Å². The molecule has 4 heteroatoms. The van der Waals surface area contributed by atoms with Crippen LogP contribution in [0.2, 0.25) is 0 Å². The minimum atomic E-state index is 0.00666. The summed E-state index contributed by atoms with van der Waals surface area (Å²) in [6.07, 6.45) is 1.19. The van der Waals surface area contributed by atoms with Gasteiger partial charge in [-0.1, -0.05) is 31.2 Å². The molecule has 1 unspecified atom stereocenters. The van der Waals surface area contributed by atoms with Gasteiger partial charge in [0.25, 0.3) is 0 Å². The van der Waals surface area contributed by atoms with Crippen LogP contribution in [0.3, 0.4) is 0 Å². The van der Waals surface area contributed by atoms with Gasteiger partial charge in [-0.25, -0.2) is 0 Å². The Kier molecular flexibility index (Phi) is 5.42. The molecule has 0 heterocycles. The van der Waals surface area contributed by atoms with Crippen LogP contribution in [0.5, 0.6) is 5.75 Å². The molecule has 1 amide bonds. The van der Waals surface area contributed by atoms with E-state index in [9.17, 15) is 4.79 Å². The smallest absolute Gasteiger partial charge is 0.224 e. The first kappa shape index (κ1) is 15.9. The molecule has 0 aliphatic heterocycles. The average Bonchev–Trinajstić information content (AvgIpc) is 2.55. The van der Waals surface area contributed by atoms with Crippen molar-refractivity contribution in [2.45, 2.75) is 25.8 Å². The fraction of sp³-hybridized carbons (Fsp3) is 0.278. The molecule has 0 saturated carbocycles. The molecule has 2 aromatic rings. The summed E-state index contributed by atoms with van der Waals surface area (Å²) < 4.78 is 5.15. The van der Waals surface area contributed by atoms with Crippen LogP contribution < -0.4 is 15.8 Å². The van der Waals surface area contributed by atoms with Crippen LogP contribution in [0.4, 0.5) is 5.69 Å². The quantitative estimate of drug-likeness (QED) is 0.805. The number of nitrogens with two attached hydrogens (primary N) is 1. The van der Waals surface area contributed by atoms with Gasteiger partial charge < -0.3 is 15.8 Å². The summed E-state index contributed by atoms with van der Waals surface area (Å²) in [6.45, 7) is 2.05. The number of methoxy groups -OCH3 is 1. The van der Waals surface area contributed by atoms with Gasteiger partial charge in [0.1, 0.15) is 5.75 Å². The lowest BCUT2D eigenvalue weighted by atomic mass is 10.0. The summed E-state index contributed by atoms with van der Waals surface area (Å²) >= 11 is 0. The molecule has 116 valence electrons. The second kappa shape index (κ2) is 7.50. The molecular weight excluding hydrogens is 276 g/mol. The Labute approximate surface area is 131 Å². The number of anilines is 1. The molecule has 22 heavy (non-hydrogen) atoms. The molecule has 0 aliphatic rings. The number of benzene rings is 2. The molecule has 4 nitrogen and oxygen atoms in total. The zero-order valence-electron chi connectivity index (χ0n) is 13.0. The number of carbonyl (C=O) groups excluding carboxylic acids is 1. The third-order valence-electron chi connectivity index (χ3n) is 3.61. The number of nitrogen functional groups attached to an aromatic ring is 1. The molecule has 1 atom stereocenters. The molecule has 0 bridgehead atoms. The molecule has 0 radical (unpaired) electrons. The number of nitrogens with one attached hydrogen (secondary N) is 1. The van der Waals surface area contributed by atoms with Gasteiger partial charge in [0.2, 0.25) is 5.91 Å². The van der Waals surface area contributed by atoms with Crippen molar-refractivity contribution < 1.29 is 9.53 Å². The van der Waals surface area contributed by atoms with E-state index in [4.69, 9.17) is 10.5 Å². The van der Waals surface area contributed by atoms with Crippen LogP contribution in [-0.4, -0.2) is 13.0 Å². The molecule has 3 N–H and O–H groups in total. The number of hydrogen-bond acceptors (Lipinski definition) is 3.